The van der Waals surface area contributed by atoms with E-state index in [0.29, 0.717) is 5.95 Å². The lowest BCUT2D eigenvalue weighted by Crippen LogP contribution is -2.55. The van der Waals surface area contributed by atoms with Gasteiger partial charge < -0.3 is 0 Å². The van der Waals surface area contributed by atoms with Gasteiger partial charge in [-0.2, -0.15) is 0 Å². The molecule has 3 nitrogen and oxygen atoms in total. The van der Waals surface area contributed by atoms with Gasteiger partial charge in [0.1, 0.15) is 0 Å². The van der Waals surface area contributed by atoms with Crippen LogP contribution >= 0.6 is 0 Å². The van der Waals surface area contributed by atoms with Gasteiger partial charge in [0.15, 0.2) is 0 Å². The van der Waals surface area contributed by atoms with Crippen molar-refractivity contribution < 1.29 is 0 Å². The van der Waals surface area contributed by atoms with Gasteiger partial charge in [-0.1, -0.05) is 140 Å². The molecule has 10 aromatic rings. The van der Waals surface area contributed by atoms with Crippen molar-refractivity contribution in [2.75, 3.05) is 0 Å². The van der Waals surface area contributed by atoms with Crippen LogP contribution in [0.5, 0.6) is 0 Å². The quantitative estimate of drug-likeness (QED) is 0.168. The molecule has 0 aliphatic heterocycles. The molecule has 0 atom stereocenters. The van der Waals surface area contributed by atoms with Crippen molar-refractivity contribution in [1.82, 2.24) is 14.5 Å². The molecule has 280 valence electrons. The predicted octanol–water partition coefficient (Wildman–Crippen LogP) is 14.1. The molecule has 15 rings (SSSR count). The monoisotopic (exact) mass is 755 g/mol. The zero-order chi connectivity index (χ0) is 38.4. The van der Waals surface area contributed by atoms with Gasteiger partial charge in [-0.15, -0.1) is 0 Å². The third-order valence-corrected chi connectivity index (χ3v) is 15.4. The number of aromatic nitrogens is 3. The van der Waals surface area contributed by atoms with Gasteiger partial charge in [0, 0.05) is 37.9 Å². The SMILES string of the molecule is c1ccc(-c2nc(-n3c4ccc(-c5ccc6c(c5)-c5ccccc5C65C6CC7CC(C6)CC5C7)cc4c4ccc5ccccc5c43)nc3c2ccc2ccccc23)cc1. The fraction of sp³-hybridized carbons (Fsp3) is 0.179. The van der Waals surface area contributed by atoms with Gasteiger partial charge in [-0.25, -0.2) is 9.97 Å². The van der Waals surface area contributed by atoms with E-state index in [1.807, 2.05) is 0 Å². The van der Waals surface area contributed by atoms with Crippen LogP contribution in [-0.2, 0) is 5.41 Å². The summed E-state index contributed by atoms with van der Waals surface area (Å²) in [5.74, 6) is 4.10. The maximum absolute atomic E-state index is 5.50. The third kappa shape index (κ3) is 4.32. The summed E-state index contributed by atoms with van der Waals surface area (Å²) < 4.78 is 2.33. The molecule has 4 bridgehead atoms. The molecule has 0 unspecified atom stereocenters. The maximum atomic E-state index is 5.50. The Hall–Kier alpha value is -6.58. The smallest absolute Gasteiger partial charge is 0.235 e. The van der Waals surface area contributed by atoms with Crippen molar-refractivity contribution in [2.24, 2.45) is 23.7 Å². The standard InChI is InChI=1S/C56H41N3/c1-2-12-37(13-3-1)52-46-23-19-35-10-4-6-14-42(35)53(46)58-55(57-52)59-51-25-21-39(32-48(51)45-22-18-36-11-5-7-15-43(36)54(45)59)38-20-24-50-47(31-38)44-16-8-9-17-49(44)56(50)40-27-33-26-34(29-40)30-41(56)28-33/h1-25,31-34,40-41H,26-30H2. The van der Waals surface area contributed by atoms with Gasteiger partial charge in [0.05, 0.1) is 22.2 Å². The van der Waals surface area contributed by atoms with Crippen LogP contribution in [0, 0.1) is 23.7 Å². The van der Waals surface area contributed by atoms with Gasteiger partial charge in [-0.05, 0) is 124 Å². The Morgan fingerprint density at radius 1 is 0.441 bits per heavy atom. The van der Waals surface area contributed by atoms with Gasteiger partial charge >= 0.3 is 0 Å². The molecule has 3 heteroatoms. The molecule has 2 heterocycles. The van der Waals surface area contributed by atoms with E-state index in [2.05, 4.69) is 168 Å². The average molecular weight is 756 g/mol. The average Bonchev–Trinajstić information content (AvgIpc) is 3.78. The summed E-state index contributed by atoms with van der Waals surface area (Å²) in [6, 6.07) is 60.9. The fourth-order valence-corrected chi connectivity index (χ4v) is 13.3. The lowest BCUT2D eigenvalue weighted by molar-refractivity contribution is -0.0399. The highest BCUT2D eigenvalue weighted by molar-refractivity contribution is 6.19. The van der Waals surface area contributed by atoms with Crippen molar-refractivity contribution in [2.45, 2.75) is 37.5 Å². The molecule has 4 fully saturated rings. The van der Waals surface area contributed by atoms with E-state index in [1.165, 1.54) is 81.3 Å². The third-order valence-electron chi connectivity index (χ3n) is 15.4. The second kappa shape index (κ2) is 11.8. The molecule has 0 radical (unpaired) electrons. The second-order valence-corrected chi connectivity index (χ2v) is 18.2. The van der Waals surface area contributed by atoms with Crippen molar-refractivity contribution >= 4 is 54.3 Å². The molecular weight excluding hydrogens is 715 g/mol. The van der Waals surface area contributed by atoms with E-state index in [4.69, 9.17) is 9.97 Å². The van der Waals surface area contributed by atoms with Crippen LogP contribution in [0.3, 0.4) is 0 Å². The lowest BCUT2D eigenvalue weighted by atomic mass is 9.43. The molecule has 5 aliphatic rings. The summed E-state index contributed by atoms with van der Waals surface area (Å²) in [5.41, 5.74) is 14.1. The number of hydrogen-bond acceptors (Lipinski definition) is 2. The Bertz CT molecular complexity index is 3380. The van der Waals surface area contributed by atoms with E-state index in [-0.39, 0.29) is 5.41 Å². The first kappa shape index (κ1) is 32.4. The minimum absolute atomic E-state index is 0.181. The van der Waals surface area contributed by atoms with E-state index in [0.717, 1.165) is 62.3 Å². The Kier molecular flexibility index (Phi) is 6.46. The minimum atomic E-state index is 0.181. The normalized spacial score (nSPS) is 22.6. The van der Waals surface area contributed by atoms with Crippen LogP contribution in [0.25, 0.3) is 93.7 Å². The molecule has 59 heavy (non-hydrogen) atoms. The summed E-state index contributed by atoms with van der Waals surface area (Å²) in [6.07, 6.45) is 7.09. The highest BCUT2D eigenvalue weighted by Crippen LogP contribution is 2.69. The van der Waals surface area contributed by atoms with E-state index in [9.17, 15) is 0 Å². The highest BCUT2D eigenvalue weighted by Gasteiger charge is 2.61. The molecular formula is C56H41N3. The summed E-state index contributed by atoms with van der Waals surface area (Å²) >= 11 is 0. The molecule has 4 saturated carbocycles. The molecule has 0 amide bonds. The van der Waals surface area contributed by atoms with Crippen LogP contribution in [0.2, 0.25) is 0 Å². The molecule has 0 N–H and O–H groups in total. The first-order chi connectivity index (χ1) is 29.2. The van der Waals surface area contributed by atoms with Crippen molar-refractivity contribution in [3.05, 3.63) is 175 Å². The van der Waals surface area contributed by atoms with E-state index in [1.54, 1.807) is 11.1 Å². The van der Waals surface area contributed by atoms with Gasteiger partial charge in [0.2, 0.25) is 5.95 Å². The van der Waals surface area contributed by atoms with Crippen LogP contribution in [0.15, 0.2) is 164 Å². The zero-order valence-electron chi connectivity index (χ0n) is 32.8. The Labute approximate surface area is 343 Å². The summed E-state index contributed by atoms with van der Waals surface area (Å²) in [4.78, 5) is 11.0. The summed E-state index contributed by atoms with van der Waals surface area (Å²) in [7, 11) is 0. The first-order valence-electron chi connectivity index (χ1n) is 21.7. The molecule has 0 saturated heterocycles. The molecule has 1 spiro atoms. The number of nitrogens with zero attached hydrogens (tertiary/aromatic N) is 3. The lowest BCUT2D eigenvalue weighted by Gasteiger charge is -2.61. The zero-order valence-corrected chi connectivity index (χ0v) is 32.8. The minimum Gasteiger partial charge on any atom is -0.277 e. The number of rotatable bonds is 3. The van der Waals surface area contributed by atoms with Crippen molar-refractivity contribution in [1.29, 1.82) is 0 Å². The second-order valence-electron chi connectivity index (χ2n) is 18.2. The first-order valence-corrected chi connectivity index (χ1v) is 21.7. The molecule has 2 aromatic heterocycles. The van der Waals surface area contributed by atoms with Crippen LogP contribution in [0.1, 0.15) is 43.2 Å². The van der Waals surface area contributed by atoms with Crippen molar-refractivity contribution in [3.8, 4) is 39.5 Å². The number of fused-ring (bicyclic) bond motifs is 11. The van der Waals surface area contributed by atoms with E-state index < -0.39 is 0 Å². The van der Waals surface area contributed by atoms with E-state index >= 15 is 0 Å². The van der Waals surface area contributed by atoms with Crippen molar-refractivity contribution in [3.63, 3.8) is 0 Å². The fourth-order valence-electron chi connectivity index (χ4n) is 13.3. The maximum Gasteiger partial charge on any atom is 0.235 e. The van der Waals surface area contributed by atoms with Gasteiger partial charge in [0.25, 0.3) is 0 Å². The van der Waals surface area contributed by atoms with Crippen LogP contribution in [-0.4, -0.2) is 14.5 Å². The molecule has 5 aliphatic carbocycles. The number of hydrogen-bond donors (Lipinski definition) is 0. The molecule has 8 aromatic carbocycles. The van der Waals surface area contributed by atoms with Gasteiger partial charge in [-0.3, -0.25) is 4.57 Å². The van der Waals surface area contributed by atoms with Crippen LogP contribution in [0.4, 0.5) is 0 Å². The topological polar surface area (TPSA) is 30.7 Å². The number of benzene rings is 8. The summed E-state index contributed by atoms with van der Waals surface area (Å²) in [5, 5.41) is 8.18. The Morgan fingerprint density at radius 3 is 1.90 bits per heavy atom. The Morgan fingerprint density at radius 2 is 1.08 bits per heavy atom. The summed E-state index contributed by atoms with van der Waals surface area (Å²) in [6.45, 7) is 0. The van der Waals surface area contributed by atoms with Crippen LogP contribution < -0.4 is 0 Å². The Balaban J connectivity index is 1.01. The highest BCUT2D eigenvalue weighted by atomic mass is 15.2. The predicted molar refractivity (Wildman–Crippen MR) is 243 cm³/mol. The largest absolute Gasteiger partial charge is 0.277 e.